The largest absolute Gasteiger partial charge is 0.494 e. The van der Waals surface area contributed by atoms with Crippen molar-refractivity contribution in [1.82, 2.24) is 45.5 Å². The van der Waals surface area contributed by atoms with Gasteiger partial charge in [-0.3, -0.25) is 4.79 Å². The SMILES string of the molecule is CNC(=O)c1nnc(Cl)cc1Nc1ccc(C)c(-c2cnn(C)n2)c1OC.COc1c(N)ccc(C)c1-c1cnn(C)n1. The van der Waals surface area contributed by atoms with Crippen molar-refractivity contribution < 1.29 is 14.3 Å². The number of hydrogen-bond acceptors (Lipinski definition) is 11. The van der Waals surface area contributed by atoms with Crippen LogP contribution in [0.5, 0.6) is 11.5 Å². The third kappa shape index (κ3) is 6.64. The first-order chi connectivity index (χ1) is 20.6. The number of hydrogen-bond donors (Lipinski definition) is 3. The van der Waals surface area contributed by atoms with Crippen LogP contribution in [-0.4, -0.2) is 67.4 Å². The number of rotatable bonds is 7. The van der Waals surface area contributed by atoms with Crippen molar-refractivity contribution in [3.63, 3.8) is 0 Å². The van der Waals surface area contributed by atoms with E-state index in [-0.39, 0.29) is 16.8 Å². The number of carbonyl (C=O) groups is 1. The predicted molar refractivity (Wildman–Crippen MR) is 164 cm³/mol. The standard InChI is InChI=1S/C17H18ClN7O2.C11H14N4O/c1-9-5-6-10(16(27-4)14(9)12-8-20-25(3)24-12)21-11-7-13(18)22-23-15(11)17(26)19-2;1-7-4-5-8(12)11(16-3)10(7)9-6-13-15(2)14-9/h5-8H,1-4H3,(H,19,26)(H,21,22);4-6H,12H2,1-3H3. The van der Waals surface area contributed by atoms with E-state index < -0.39 is 0 Å². The second-order valence-corrected chi connectivity index (χ2v) is 9.68. The van der Waals surface area contributed by atoms with Crippen LogP contribution < -0.4 is 25.8 Å². The van der Waals surface area contributed by atoms with E-state index in [2.05, 4.69) is 41.2 Å². The number of halogens is 1. The second kappa shape index (κ2) is 13.2. The Morgan fingerprint density at radius 2 is 1.42 bits per heavy atom. The molecule has 0 aliphatic heterocycles. The summed E-state index contributed by atoms with van der Waals surface area (Å²) in [5.41, 5.74) is 12.8. The maximum Gasteiger partial charge on any atom is 0.273 e. The minimum absolute atomic E-state index is 0.116. The Morgan fingerprint density at radius 1 is 0.860 bits per heavy atom. The van der Waals surface area contributed by atoms with E-state index in [1.165, 1.54) is 22.7 Å². The third-order valence-electron chi connectivity index (χ3n) is 6.36. The first kappa shape index (κ1) is 30.7. The summed E-state index contributed by atoms with van der Waals surface area (Å²) in [7, 11) is 8.20. The first-order valence-corrected chi connectivity index (χ1v) is 13.3. The number of anilines is 3. The van der Waals surface area contributed by atoms with E-state index >= 15 is 0 Å². The fraction of sp³-hybridized carbons (Fsp3) is 0.250. The molecular formula is C28H32ClN11O3. The van der Waals surface area contributed by atoms with Crippen LogP contribution in [0.3, 0.4) is 0 Å². The van der Waals surface area contributed by atoms with Gasteiger partial charge in [0.2, 0.25) is 0 Å². The van der Waals surface area contributed by atoms with Gasteiger partial charge in [-0.2, -0.15) is 30.0 Å². The molecule has 0 bridgehead atoms. The molecule has 0 fully saturated rings. The molecule has 0 saturated heterocycles. The molecule has 14 nitrogen and oxygen atoms in total. The van der Waals surface area contributed by atoms with Crippen LogP contribution in [-0.2, 0) is 14.1 Å². The Labute approximate surface area is 253 Å². The highest BCUT2D eigenvalue weighted by Gasteiger charge is 2.20. The molecule has 0 radical (unpaired) electrons. The number of nitrogens with one attached hydrogen (secondary N) is 2. The quantitative estimate of drug-likeness (QED) is 0.231. The molecule has 0 spiro atoms. The number of aryl methyl sites for hydroxylation is 4. The van der Waals surface area contributed by atoms with Gasteiger partial charge in [-0.1, -0.05) is 23.7 Å². The topological polar surface area (TPSA) is 173 Å². The smallest absolute Gasteiger partial charge is 0.273 e. The van der Waals surface area contributed by atoms with Gasteiger partial charge in [-0.15, -0.1) is 10.2 Å². The first-order valence-electron chi connectivity index (χ1n) is 12.9. The summed E-state index contributed by atoms with van der Waals surface area (Å²) in [4.78, 5) is 15.1. The second-order valence-electron chi connectivity index (χ2n) is 9.29. The van der Waals surface area contributed by atoms with E-state index in [1.54, 1.807) is 40.7 Å². The lowest BCUT2D eigenvalue weighted by atomic mass is 10.0. The van der Waals surface area contributed by atoms with Gasteiger partial charge in [0, 0.05) is 27.2 Å². The average molecular weight is 606 g/mol. The van der Waals surface area contributed by atoms with E-state index in [0.717, 1.165) is 27.9 Å². The summed E-state index contributed by atoms with van der Waals surface area (Å²) < 4.78 is 11.0. The molecule has 0 saturated carbocycles. The number of ether oxygens (including phenoxy) is 2. The van der Waals surface area contributed by atoms with Gasteiger partial charge in [0.25, 0.3) is 5.91 Å². The van der Waals surface area contributed by atoms with Crippen LogP contribution in [0.2, 0.25) is 5.15 Å². The summed E-state index contributed by atoms with van der Waals surface area (Å²) in [5, 5.41) is 30.3. The van der Waals surface area contributed by atoms with Crippen LogP contribution in [0.1, 0.15) is 21.6 Å². The Bertz CT molecular complexity index is 1770. The number of aromatic nitrogens is 8. The monoisotopic (exact) mass is 605 g/mol. The van der Waals surface area contributed by atoms with Crippen molar-refractivity contribution >= 4 is 34.6 Å². The van der Waals surface area contributed by atoms with E-state index in [4.69, 9.17) is 26.8 Å². The van der Waals surface area contributed by atoms with Gasteiger partial charge in [0.15, 0.2) is 22.3 Å². The van der Waals surface area contributed by atoms with Crippen LogP contribution in [0.25, 0.3) is 22.5 Å². The molecule has 43 heavy (non-hydrogen) atoms. The van der Waals surface area contributed by atoms with Gasteiger partial charge in [0.1, 0.15) is 11.4 Å². The normalized spacial score (nSPS) is 10.5. The zero-order valence-electron chi connectivity index (χ0n) is 24.8. The molecule has 5 rings (SSSR count). The van der Waals surface area contributed by atoms with Gasteiger partial charge < -0.3 is 25.8 Å². The van der Waals surface area contributed by atoms with Crippen molar-refractivity contribution in [1.29, 1.82) is 0 Å². The van der Waals surface area contributed by atoms with Gasteiger partial charge in [-0.25, -0.2) is 0 Å². The van der Waals surface area contributed by atoms with E-state index in [0.29, 0.717) is 34.3 Å². The van der Waals surface area contributed by atoms with Gasteiger partial charge in [0.05, 0.1) is 54.8 Å². The third-order valence-corrected chi connectivity index (χ3v) is 6.54. The van der Waals surface area contributed by atoms with Crippen molar-refractivity contribution in [2.24, 2.45) is 14.1 Å². The number of nitrogens with zero attached hydrogens (tertiary/aromatic N) is 8. The summed E-state index contributed by atoms with van der Waals surface area (Å²) in [6.07, 6.45) is 3.36. The number of methoxy groups -OCH3 is 2. The molecular weight excluding hydrogens is 574 g/mol. The van der Waals surface area contributed by atoms with Crippen molar-refractivity contribution in [3.8, 4) is 34.0 Å². The number of carbonyl (C=O) groups excluding carboxylic acids is 1. The number of amides is 1. The number of benzene rings is 2. The molecule has 1 amide bonds. The molecule has 0 atom stereocenters. The van der Waals surface area contributed by atoms with Gasteiger partial charge in [-0.05, 0) is 37.1 Å². The van der Waals surface area contributed by atoms with Gasteiger partial charge >= 0.3 is 0 Å². The zero-order chi connectivity index (χ0) is 31.3. The maximum atomic E-state index is 12.1. The Morgan fingerprint density at radius 3 is 1.93 bits per heavy atom. The lowest BCUT2D eigenvalue weighted by Crippen LogP contribution is -2.21. The average Bonchev–Trinajstić information content (AvgIpc) is 3.62. The molecule has 0 unspecified atom stereocenters. The predicted octanol–water partition coefficient (Wildman–Crippen LogP) is 3.73. The van der Waals surface area contributed by atoms with Crippen LogP contribution in [0, 0.1) is 13.8 Å². The summed E-state index contributed by atoms with van der Waals surface area (Å²) in [6, 6.07) is 9.07. The molecule has 2 aromatic carbocycles. The Kier molecular flexibility index (Phi) is 9.40. The zero-order valence-corrected chi connectivity index (χ0v) is 25.6. The number of nitrogens with two attached hydrogens (primary N) is 1. The van der Waals surface area contributed by atoms with Crippen LogP contribution in [0.15, 0.2) is 42.7 Å². The highest BCUT2D eigenvalue weighted by Crippen LogP contribution is 2.40. The van der Waals surface area contributed by atoms with Crippen molar-refractivity contribution in [3.05, 3.63) is 64.7 Å². The van der Waals surface area contributed by atoms with Crippen molar-refractivity contribution in [2.45, 2.75) is 13.8 Å². The highest BCUT2D eigenvalue weighted by atomic mass is 35.5. The van der Waals surface area contributed by atoms with Crippen LogP contribution >= 0.6 is 11.6 Å². The fourth-order valence-electron chi connectivity index (χ4n) is 4.36. The lowest BCUT2D eigenvalue weighted by Gasteiger charge is -2.17. The number of nitrogen functional groups attached to an aromatic ring is 1. The summed E-state index contributed by atoms with van der Waals surface area (Å²) in [6.45, 7) is 3.95. The minimum Gasteiger partial charge on any atom is -0.494 e. The minimum atomic E-state index is -0.387. The lowest BCUT2D eigenvalue weighted by molar-refractivity contribution is 0.0958. The van der Waals surface area contributed by atoms with E-state index in [1.807, 2.05) is 38.1 Å². The molecule has 15 heteroatoms. The Balaban J connectivity index is 0.000000225. The molecule has 3 aromatic heterocycles. The molecule has 224 valence electrons. The molecule has 0 aliphatic carbocycles. The van der Waals surface area contributed by atoms with Crippen LogP contribution in [0.4, 0.5) is 17.1 Å². The highest BCUT2D eigenvalue weighted by molar-refractivity contribution is 6.29. The van der Waals surface area contributed by atoms with E-state index in [9.17, 15) is 4.79 Å². The molecule has 4 N–H and O–H groups in total. The summed E-state index contributed by atoms with van der Waals surface area (Å²) in [5.74, 6) is 0.827. The van der Waals surface area contributed by atoms with Crippen molar-refractivity contribution in [2.75, 3.05) is 32.3 Å². The maximum absolute atomic E-state index is 12.1. The summed E-state index contributed by atoms with van der Waals surface area (Å²) >= 11 is 5.96. The molecule has 3 heterocycles. The fourth-order valence-corrected chi connectivity index (χ4v) is 4.51. The molecule has 5 aromatic rings. The Hall–Kier alpha value is -5.24. The molecule has 0 aliphatic rings.